The van der Waals surface area contributed by atoms with Crippen molar-refractivity contribution in [3.05, 3.63) is 96.1 Å². The summed E-state index contributed by atoms with van der Waals surface area (Å²) in [5, 5.41) is 0. The number of hydrogen-bond donors (Lipinski definition) is 0. The number of aryl methyl sites for hydroxylation is 1. The van der Waals surface area contributed by atoms with Crippen molar-refractivity contribution >= 4 is 27.7 Å². The second kappa shape index (κ2) is 10.8. The van der Waals surface area contributed by atoms with Gasteiger partial charge in [0.2, 0.25) is 0 Å². The number of carbonyl (C=O) groups excluding carboxylic acids is 1. The summed E-state index contributed by atoms with van der Waals surface area (Å²) in [5.41, 5.74) is 2.17. The molecule has 5 nitrogen and oxygen atoms in total. The van der Waals surface area contributed by atoms with Crippen molar-refractivity contribution in [2.75, 3.05) is 11.4 Å². The molecule has 0 aliphatic carbocycles. The largest absolute Gasteiger partial charge is 0.497 e. The predicted octanol–water partition coefficient (Wildman–Crippen LogP) is 5.47. The zero-order chi connectivity index (χ0) is 23.0. The number of nitrogens with zero attached hydrogens (tertiary/aromatic N) is 1. The van der Waals surface area contributed by atoms with E-state index in [4.69, 9.17) is 4.74 Å². The Morgan fingerprint density at radius 2 is 1.59 bits per heavy atom. The molecule has 0 aromatic heterocycles. The minimum absolute atomic E-state index is 0.0567. The first-order chi connectivity index (χ1) is 15.5. The molecule has 1 amide bonds. The summed E-state index contributed by atoms with van der Waals surface area (Å²) in [4.78, 5) is 13.2. The zero-order valence-corrected chi connectivity index (χ0v) is 19.1. The third-order valence-electron chi connectivity index (χ3n) is 5.01. The fraction of sp³-hybridized carbons (Fsp3) is 0.192. The molecule has 0 atom stereocenters. The van der Waals surface area contributed by atoms with E-state index in [9.17, 15) is 13.2 Å². The van der Waals surface area contributed by atoms with Gasteiger partial charge in [0, 0.05) is 6.08 Å². The molecular formula is C26H27NO4S. The summed E-state index contributed by atoms with van der Waals surface area (Å²) >= 11 is 0. The van der Waals surface area contributed by atoms with E-state index in [0.717, 1.165) is 34.7 Å². The van der Waals surface area contributed by atoms with Crippen molar-refractivity contribution in [1.82, 2.24) is 0 Å². The SMILES string of the molecule is CCCCc1ccc(N(C(=O)/C=C/c2ccc(OC)cc2)S(=O)(=O)c2ccccc2)cc1. The van der Waals surface area contributed by atoms with Gasteiger partial charge in [-0.15, -0.1) is 0 Å². The average molecular weight is 450 g/mol. The van der Waals surface area contributed by atoms with Crippen molar-refractivity contribution in [1.29, 1.82) is 0 Å². The van der Waals surface area contributed by atoms with E-state index in [1.165, 1.54) is 18.2 Å². The third-order valence-corrected chi connectivity index (χ3v) is 6.74. The minimum Gasteiger partial charge on any atom is -0.497 e. The van der Waals surface area contributed by atoms with Gasteiger partial charge in [-0.1, -0.05) is 55.8 Å². The summed E-state index contributed by atoms with van der Waals surface area (Å²) in [5.74, 6) is 0.0518. The van der Waals surface area contributed by atoms with Crippen LogP contribution in [0.15, 0.2) is 89.8 Å². The molecule has 3 aromatic carbocycles. The predicted molar refractivity (Wildman–Crippen MR) is 128 cm³/mol. The van der Waals surface area contributed by atoms with Crippen LogP contribution in [0, 0.1) is 0 Å². The maximum absolute atomic E-state index is 13.4. The Hall–Kier alpha value is -3.38. The fourth-order valence-corrected chi connectivity index (χ4v) is 4.62. The van der Waals surface area contributed by atoms with E-state index in [2.05, 4.69) is 6.92 Å². The van der Waals surface area contributed by atoms with Crippen molar-refractivity contribution in [3.8, 4) is 5.75 Å². The maximum Gasteiger partial charge on any atom is 0.271 e. The van der Waals surface area contributed by atoms with E-state index in [0.29, 0.717) is 11.4 Å². The Bertz CT molecular complexity index is 1150. The monoisotopic (exact) mass is 449 g/mol. The summed E-state index contributed by atoms with van der Waals surface area (Å²) in [6, 6.07) is 22.2. The van der Waals surface area contributed by atoms with Crippen LogP contribution in [0.1, 0.15) is 30.9 Å². The Labute approximate surface area is 190 Å². The molecule has 166 valence electrons. The van der Waals surface area contributed by atoms with Gasteiger partial charge in [-0.2, -0.15) is 4.31 Å². The molecule has 0 unspecified atom stereocenters. The van der Waals surface area contributed by atoms with Crippen LogP contribution in [0.3, 0.4) is 0 Å². The lowest BCUT2D eigenvalue weighted by molar-refractivity contribution is -0.113. The van der Waals surface area contributed by atoms with Crippen molar-refractivity contribution in [3.63, 3.8) is 0 Å². The first-order valence-corrected chi connectivity index (χ1v) is 11.9. The molecule has 0 bridgehead atoms. The lowest BCUT2D eigenvalue weighted by atomic mass is 10.1. The van der Waals surface area contributed by atoms with Crippen LogP contribution in [0.2, 0.25) is 0 Å². The van der Waals surface area contributed by atoms with Crippen molar-refractivity contribution in [2.24, 2.45) is 0 Å². The van der Waals surface area contributed by atoms with Crippen molar-refractivity contribution in [2.45, 2.75) is 31.1 Å². The van der Waals surface area contributed by atoms with Gasteiger partial charge in [0.15, 0.2) is 0 Å². The molecule has 0 fully saturated rings. The Morgan fingerprint density at radius 1 is 0.938 bits per heavy atom. The molecule has 0 radical (unpaired) electrons. The highest BCUT2D eigenvalue weighted by molar-refractivity contribution is 7.93. The van der Waals surface area contributed by atoms with Gasteiger partial charge < -0.3 is 4.74 Å². The number of anilines is 1. The number of hydrogen-bond acceptors (Lipinski definition) is 4. The summed E-state index contributed by atoms with van der Waals surface area (Å²) < 4.78 is 32.8. The molecule has 6 heteroatoms. The van der Waals surface area contributed by atoms with Gasteiger partial charge in [-0.25, -0.2) is 8.42 Å². The van der Waals surface area contributed by atoms with Crippen molar-refractivity contribution < 1.29 is 17.9 Å². The molecule has 0 aliphatic heterocycles. The lowest BCUT2D eigenvalue weighted by Crippen LogP contribution is -2.35. The number of benzene rings is 3. The molecule has 3 aromatic rings. The first kappa shape index (κ1) is 23.3. The molecule has 0 heterocycles. The number of rotatable bonds is 9. The number of amides is 1. The molecule has 32 heavy (non-hydrogen) atoms. The Morgan fingerprint density at radius 3 is 2.19 bits per heavy atom. The number of methoxy groups -OCH3 is 1. The Balaban J connectivity index is 1.96. The molecule has 0 spiro atoms. The fourth-order valence-electron chi connectivity index (χ4n) is 3.21. The van der Waals surface area contributed by atoms with Gasteiger partial charge in [0.1, 0.15) is 5.75 Å². The molecule has 3 rings (SSSR count). The molecule has 0 saturated carbocycles. The normalized spacial score (nSPS) is 11.4. The highest BCUT2D eigenvalue weighted by Crippen LogP contribution is 2.25. The molecule has 0 N–H and O–H groups in total. The molecule has 0 saturated heterocycles. The van der Waals surface area contributed by atoms with E-state index < -0.39 is 15.9 Å². The van der Waals surface area contributed by atoms with Gasteiger partial charge >= 0.3 is 0 Å². The van der Waals surface area contributed by atoms with Crippen LogP contribution in [-0.2, 0) is 21.2 Å². The van der Waals surface area contributed by atoms with E-state index in [1.807, 2.05) is 12.1 Å². The lowest BCUT2D eigenvalue weighted by Gasteiger charge is -2.21. The third kappa shape index (κ3) is 5.65. The van der Waals surface area contributed by atoms with Crippen LogP contribution in [0.25, 0.3) is 6.08 Å². The number of sulfonamides is 1. The summed E-state index contributed by atoms with van der Waals surface area (Å²) in [7, 11) is -2.51. The first-order valence-electron chi connectivity index (χ1n) is 10.5. The van der Waals surface area contributed by atoms with E-state index in [1.54, 1.807) is 67.8 Å². The van der Waals surface area contributed by atoms with Crippen LogP contribution >= 0.6 is 0 Å². The van der Waals surface area contributed by atoms with Crippen LogP contribution in [0.5, 0.6) is 5.75 Å². The van der Waals surface area contributed by atoms with Gasteiger partial charge in [-0.3, -0.25) is 4.79 Å². The van der Waals surface area contributed by atoms with E-state index >= 15 is 0 Å². The van der Waals surface area contributed by atoms with Crippen LogP contribution < -0.4 is 9.04 Å². The standard InChI is InChI=1S/C26H27NO4S/c1-3-4-8-21-11-16-23(17-12-21)27(32(29,30)25-9-6-5-7-10-25)26(28)20-15-22-13-18-24(31-2)19-14-22/h5-7,9-20H,3-4,8H2,1-2H3/b20-15+. The van der Waals surface area contributed by atoms with Gasteiger partial charge in [0.05, 0.1) is 17.7 Å². The molecule has 0 aliphatic rings. The van der Waals surface area contributed by atoms with E-state index in [-0.39, 0.29) is 4.90 Å². The Kier molecular flexibility index (Phi) is 7.84. The topological polar surface area (TPSA) is 63.7 Å². The summed E-state index contributed by atoms with van der Waals surface area (Å²) in [6.07, 6.45) is 5.89. The highest BCUT2D eigenvalue weighted by Gasteiger charge is 2.29. The second-order valence-electron chi connectivity index (χ2n) is 7.30. The minimum atomic E-state index is -4.09. The summed E-state index contributed by atoms with van der Waals surface area (Å²) in [6.45, 7) is 2.12. The average Bonchev–Trinajstić information content (AvgIpc) is 2.83. The van der Waals surface area contributed by atoms with Crippen LogP contribution in [0.4, 0.5) is 5.69 Å². The zero-order valence-electron chi connectivity index (χ0n) is 18.3. The quantitative estimate of drug-likeness (QED) is 0.406. The molecular weight excluding hydrogens is 422 g/mol. The second-order valence-corrected chi connectivity index (χ2v) is 9.08. The maximum atomic E-state index is 13.4. The smallest absolute Gasteiger partial charge is 0.271 e. The number of unbranched alkanes of at least 4 members (excludes halogenated alkanes) is 1. The van der Waals surface area contributed by atoms with Gasteiger partial charge in [0.25, 0.3) is 15.9 Å². The highest BCUT2D eigenvalue weighted by atomic mass is 32.2. The number of ether oxygens (including phenoxy) is 1. The van der Waals surface area contributed by atoms with Gasteiger partial charge in [-0.05, 0) is 66.4 Å². The van der Waals surface area contributed by atoms with Crippen LogP contribution in [-0.4, -0.2) is 21.4 Å². The number of carbonyl (C=O) groups is 1.